The van der Waals surface area contributed by atoms with Crippen molar-refractivity contribution in [2.24, 2.45) is 22.7 Å². The Balaban J connectivity index is 1.11. The minimum absolute atomic E-state index is 0.0195. The fourth-order valence-corrected chi connectivity index (χ4v) is 7.36. The maximum Gasteiger partial charge on any atom is 0.264 e. The van der Waals surface area contributed by atoms with Gasteiger partial charge in [-0.1, -0.05) is 18.2 Å². The Labute approximate surface area is 177 Å². The van der Waals surface area contributed by atoms with E-state index in [2.05, 4.69) is 17.2 Å². The standard InChI is InChI=1S/C22H33N3O3S/c1-22(13-14-6-8-25(9-7-14)19(26)18-3-2-10-28-18)20(27)24-21(29-22)23-17-12-15-4-5-16(17)11-15/h14-18H,2-13H2,1H3,(H,23,24,27)/t15-,16+,17+,18+,22?/m1/s1. The second-order valence-corrected chi connectivity index (χ2v) is 11.4. The fourth-order valence-electron chi connectivity index (χ4n) is 6.15. The largest absolute Gasteiger partial charge is 0.368 e. The molecule has 0 aromatic carbocycles. The highest BCUT2D eigenvalue weighted by Crippen LogP contribution is 2.46. The first-order valence-electron chi connectivity index (χ1n) is 11.5. The van der Waals surface area contributed by atoms with E-state index in [1.54, 1.807) is 11.8 Å². The van der Waals surface area contributed by atoms with Gasteiger partial charge in [0.1, 0.15) is 10.9 Å². The Hall–Kier alpha value is -1.08. The number of likely N-dealkylation sites (tertiary alicyclic amines) is 1. The summed E-state index contributed by atoms with van der Waals surface area (Å²) in [6.07, 6.45) is 9.72. The molecular weight excluding hydrogens is 386 g/mol. The molecule has 0 radical (unpaired) electrons. The van der Waals surface area contributed by atoms with Gasteiger partial charge in [-0.25, -0.2) is 0 Å². The predicted molar refractivity (Wildman–Crippen MR) is 114 cm³/mol. The van der Waals surface area contributed by atoms with Gasteiger partial charge in [0.25, 0.3) is 11.8 Å². The van der Waals surface area contributed by atoms with Crippen LogP contribution in [0.2, 0.25) is 0 Å². The van der Waals surface area contributed by atoms with Crippen molar-refractivity contribution in [3.63, 3.8) is 0 Å². The Morgan fingerprint density at radius 2 is 2.07 bits per heavy atom. The third-order valence-corrected chi connectivity index (χ3v) is 9.03. The minimum Gasteiger partial charge on any atom is -0.368 e. The Bertz CT molecular complexity index is 699. The topological polar surface area (TPSA) is 71.0 Å². The van der Waals surface area contributed by atoms with Gasteiger partial charge in [0.15, 0.2) is 5.17 Å². The highest BCUT2D eigenvalue weighted by molar-refractivity contribution is 8.16. The van der Waals surface area contributed by atoms with E-state index in [4.69, 9.17) is 4.74 Å². The van der Waals surface area contributed by atoms with Crippen LogP contribution in [0.1, 0.15) is 64.7 Å². The summed E-state index contributed by atoms with van der Waals surface area (Å²) in [5, 5.41) is 4.46. The molecule has 3 aliphatic heterocycles. The predicted octanol–water partition coefficient (Wildman–Crippen LogP) is 2.96. The molecule has 4 fully saturated rings. The molecule has 2 bridgehead atoms. The van der Waals surface area contributed by atoms with Gasteiger partial charge in [-0.2, -0.15) is 4.99 Å². The molecule has 3 heterocycles. The number of amidine groups is 1. The average Bonchev–Trinajstić information content (AvgIpc) is 3.48. The van der Waals surface area contributed by atoms with Crippen molar-refractivity contribution in [1.29, 1.82) is 0 Å². The molecule has 5 atom stereocenters. The molecule has 0 spiro atoms. The van der Waals surface area contributed by atoms with Gasteiger partial charge in [-0.15, -0.1) is 0 Å². The van der Waals surface area contributed by atoms with Crippen LogP contribution in [-0.2, 0) is 14.3 Å². The zero-order chi connectivity index (χ0) is 20.0. The van der Waals surface area contributed by atoms with Gasteiger partial charge in [-0.05, 0) is 76.0 Å². The number of hydrogen-bond acceptors (Lipinski definition) is 5. The molecule has 29 heavy (non-hydrogen) atoms. The van der Waals surface area contributed by atoms with E-state index < -0.39 is 4.75 Å². The number of aliphatic imine (C=N–C) groups is 1. The molecule has 2 saturated heterocycles. The quantitative estimate of drug-likeness (QED) is 0.759. The zero-order valence-corrected chi connectivity index (χ0v) is 18.2. The van der Waals surface area contributed by atoms with Crippen LogP contribution in [-0.4, -0.2) is 58.5 Å². The normalized spacial score (nSPS) is 40.0. The molecule has 7 heteroatoms. The molecule has 1 unspecified atom stereocenters. The highest BCUT2D eigenvalue weighted by atomic mass is 32.2. The number of hydrogen-bond donors (Lipinski definition) is 1. The molecule has 5 aliphatic rings. The molecule has 1 N–H and O–H groups in total. The van der Waals surface area contributed by atoms with Crippen molar-refractivity contribution >= 4 is 28.7 Å². The molecule has 2 amide bonds. The van der Waals surface area contributed by atoms with Crippen molar-refractivity contribution in [3.05, 3.63) is 0 Å². The summed E-state index contributed by atoms with van der Waals surface area (Å²) < 4.78 is 5.10. The molecule has 0 aromatic heterocycles. The van der Waals surface area contributed by atoms with Crippen molar-refractivity contribution in [1.82, 2.24) is 10.2 Å². The molecule has 6 nitrogen and oxygen atoms in total. The van der Waals surface area contributed by atoms with Crippen molar-refractivity contribution < 1.29 is 14.3 Å². The van der Waals surface area contributed by atoms with E-state index in [9.17, 15) is 9.59 Å². The number of nitrogens with one attached hydrogen (secondary N) is 1. The Morgan fingerprint density at radius 1 is 1.24 bits per heavy atom. The van der Waals surface area contributed by atoms with Gasteiger partial charge < -0.3 is 15.0 Å². The summed E-state index contributed by atoms with van der Waals surface area (Å²) in [7, 11) is 0. The second kappa shape index (κ2) is 7.88. The second-order valence-electron chi connectivity index (χ2n) is 9.96. The number of carbonyl (C=O) groups excluding carboxylic acids is 2. The maximum atomic E-state index is 12.7. The Kier molecular flexibility index (Phi) is 5.39. The van der Waals surface area contributed by atoms with E-state index in [0.29, 0.717) is 18.6 Å². The third-order valence-electron chi connectivity index (χ3n) is 7.83. The zero-order valence-electron chi connectivity index (χ0n) is 17.4. The number of piperidine rings is 1. The van der Waals surface area contributed by atoms with Crippen LogP contribution in [0.3, 0.4) is 0 Å². The molecule has 0 aromatic rings. The third kappa shape index (κ3) is 3.97. The van der Waals surface area contributed by atoms with Gasteiger partial charge in [-0.3, -0.25) is 9.59 Å². The van der Waals surface area contributed by atoms with Crippen LogP contribution in [0.4, 0.5) is 0 Å². The number of rotatable bonds is 4. The lowest BCUT2D eigenvalue weighted by atomic mass is 9.87. The van der Waals surface area contributed by atoms with Gasteiger partial charge in [0, 0.05) is 25.7 Å². The highest BCUT2D eigenvalue weighted by Gasteiger charge is 2.46. The van der Waals surface area contributed by atoms with Crippen LogP contribution < -0.4 is 5.32 Å². The van der Waals surface area contributed by atoms with Gasteiger partial charge in [0.2, 0.25) is 0 Å². The summed E-state index contributed by atoms with van der Waals surface area (Å²) in [5.74, 6) is 2.32. The molecule has 2 aliphatic carbocycles. The van der Waals surface area contributed by atoms with E-state index in [1.807, 2.05) is 4.90 Å². The number of thioether (sulfide) groups is 1. The molecule has 160 valence electrons. The van der Waals surface area contributed by atoms with Crippen molar-refractivity contribution in [3.8, 4) is 0 Å². The van der Waals surface area contributed by atoms with E-state index in [0.717, 1.165) is 62.2 Å². The first kappa shape index (κ1) is 19.9. The summed E-state index contributed by atoms with van der Waals surface area (Å²) in [6, 6.07) is 0.516. The van der Waals surface area contributed by atoms with E-state index in [1.165, 1.54) is 25.7 Å². The van der Waals surface area contributed by atoms with Crippen molar-refractivity contribution in [2.45, 2.75) is 81.6 Å². The lowest BCUT2D eigenvalue weighted by Crippen LogP contribution is -2.45. The lowest BCUT2D eigenvalue weighted by molar-refractivity contribution is -0.142. The number of ether oxygens (including phenoxy) is 1. The number of fused-ring (bicyclic) bond motifs is 2. The number of carbonyl (C=O) groups is 2. The molecule has 2 saturated carbocycles. The van der Waals surface area contributed by atoms with Crippen LogP contribution in [0, 0.1) is 17.8 Å². The first-order valence-corrected chi connectivity index (χ1v) is 12.3. The molecule has 5 rings (SSSR count). The summed E-state index contributed by atoms with van der Waals surface area (Å²) >= 11 is 1.65. The van der Waals surface area contributed by atoms with Gasteiger partial charge >= 0.3 is 0 Å². The summed E-state index contributed by atoms with van der Waals surface area (Å²) in [4.78, 5) is 31.6. The van der Waals surface area contributed by atoms with Crippen LogP contribution >= 0.6 is 11.8 Å². The SMILES string of the molecule is CC1(CC2CCN(C(=O)[C@@H]3CCCO3)CC2)SC(N[C@H]2C[C@@H]3CC[C@H]2C3)=NC1=O. The monoisotopic (exact) mass is 419 g/mol. The van der Waals surface area contributed by atoms with E-state index in [-0.39, 0.29) is 17.9 Å². The summed E-state index contributed by atoms with van der Waals surface area (Å²) in [6.45, 7) is 4.34. The maximum absolute atomic E-state index is 12.7. The number of amides is 2. The van der Waals surface area contributed by atoms with Crippen LogP contribution in [0.5, 0.6) is 0 Å². The van der Waals surface area contributed by atoms with Gasteiger partial charge in [0.05, 0.1) is 0 Å². The summed E-state index contributed by atoms with van der Waals surface area (Å²) in [5.41, 5.74) is 0. The first-order chi connectivity index (χ1) is 14.0. The minimum atomic E-state index is -0.453. The Morgan fingerprint density at radius 3 is 2.72 bits per heavy atom. The van der Waals surface area contributed by atoms with E-state index >= 15 is 0 Å². The van der Waals surface area contributed by atoms with Crippen LogP contribution in [0.15, 0.2) is 4.99 Å². The average molecular weight is 420 g/mol. The van der Waals surface area contributed by atoms with Crippen LogP contribution in [0.25, 0.3) is 0 Å². The fraction of sp³-hybridized carbons (Fsp3) is 0.864. The smallest absolute Gasteiger partial charge is 0.264 e. The lowest BCUT2D eigenvalue weighted by Gasteiger charge is -2.35. The van der Waals surface area contributed by atoms with Crippen molar-refractivity contribution in [2.75, 3.05) is 19.7 Å². The number of nitrogens with zero attached hydrogens (tertiary/aromatic N) is 2. The molecular formula is C22H33N3O3S.